The first kappa shape index (κ1) is 10.5. The van der Waals surface area contributed by atoms with Gasteiger partial charge in [0.15, 0.2) is 0 Å². The molecule has 0 rings (SSSR count). The molecule has 0 unspecified atom stereocenters. The minimum absolute atomic E-state index is 0.249. The second kappa shape index (κ2) is 5.17. The normalized spacial score (nSPS) is 8.50. The third kappa shape index (κ3) is 3.60. The van der Waals surface area contributed by atoms with Crippen molar-refractivity contribution in [1.82, 2.24) is 5.32 Å². The third-order valence-corrected chi connectivity index (χ3v) is 1.11. The number of carbonyl (C=O) groups excluding carboxylic acids is 2. The summed E-state index contributed by atoms with van der Waals surface area (Å²) >= 11 is 0. The van der Waals surface area contributed by atoms with Crippen LogP contribution in [0.5, 0.6) is 0 Å². The quantitative estimate of drug-likeness (QED) is 0.380. The zero-order chi connectivity index (χ0) is 9.56. The zero-order valence-electron chi connectivity index (χ0n) is 7.05. The molecule has 0 fully saturated rings. The maximum atomic E-state index is 10.8. The van der Waals surface area contributed by atoms with Gasteiger partial charge in [-0.1, -0.05) is 13.5 Å². The van der Waals surface area contributed by atoms with Crippen molar-refractivity contribution in [3.8, 4) is 0 Å². The fourth-order valence-electron chi connectivity index (χ4n) is 0.321. The van der Waals surface area contributed by atoms with Crippen LogP contribution in [0, 0.1) is 0 Å². The van der Waals surface area contributed by atoms with Gasteiger partial charge in [-0.2, -0.15) is 0 Å². The highest BCUT2D eigenvalue weighted by molar-refractivity contribution is 5.87. The summed E-state index contributed by atoms with van der Waals surface area (Å²) in [5.41, 5.74) is 0.249. The first-order chi connectivity index (χ1) is 5.61. The molecule has 5 heteroatoms. The van der Waals surface area contributed by atoms with Crippen LogP contribution in [-0.2, 0) is 14.6 Å². The molecule has 1 amide bonds. The Morgan fingerprint density at radius 3 is 2.42 bits per heavy atom. The van der Waals surface area contributed by atoms with Crippen molar-refractivity contribution in [1.29, 1.82) is 0 Å². The Morgan fingerprint density at radius 1 is 1.42 bits per heavy atom. The van der Waals surface area contributed by atoms with Gasteiger partial charge in [-0.25, -0.2) is 19.4 Å². The van der Waals surface area contributed by atoms with Crippen LogP contribution in [-0.4, -0.2) is 19.1 Å². The topological polar surface area (TPSA) is 64.6 Å². The lowest BCUT2D eigenvalue weighted by atomic mass is 10.2. The number of hydrogen-bond donors (Lipinski definition) is 1. The second-order valence-corrected chi connectivity index (χ2v) is 1.95. The van der Waals surface area contributed by atoms with Gasteiger partial charge in [0.1, 0.15) is 0 Å². The Kier molecular flexibility index (Phi) is 4.52. The van der Waals surface area contributed by atoms with Crippen LogP contribution in [0.2, 0.25) is 0 Å². The van der Waals surface area contributed by atoms with Crippen molar-refractivity contribution in [2.45, 2.75) is 13.3 Å². The number of rotatable bonds is 2. The van der Waals surface area contributed by atoms with Crippen molar-refractivity contribution >= 4 is 12.1 Å². The molecule has 0 spiro atoms. The Bertz CT molecular complexity index is 200. The molecule has 0 aliphatic rings. The predicted octanol–water partition coefficient (Wildman–Crippen LogP) is 0.767. The van der Waals surface area contributed by atoms with Crippen LogP contribution in [0.3, 0.4) is 0 Å². The highest BCUT2D eigenvalue weighted by Gasteiger charge is 2.09. The van der Waals surface area contributed by atoms with Gasteiger partial charge in [-0.15, -0.1) is 0 Å². The predicted molar refractivity (Wildman–Crippen MR) is 41.1 cm³/mol. The minimum atomic E-state index is -0.827. The van der Waals surface area contributed by atoms with Crippen LogP contribution in [0.1, 0.15) is 13.3 Å². The molecule has 0 aliphatic carbocycles. The molecule has 0 aromatic rings. The summed E-state index contributed by atoms with van der Waals surface area (Å²) < 4.78 is 0. The SMILES string of the molecule is C=C(CC)C(=O)OOC(=O)NC. The number of nitrogens with one attached hydrogen (secondary N) is 1. The molecule has 0 saturated carbocycles. The molecule has 0 aromatic heterocycles. The van der Waals surface area contributed by atoms with Gasteiger partial charge in [-0.05, 0) is 6.42 Å². The van der Waals surface area contributed by atoms with E-state index in [9.17, 15) is 9.59 Å². The maximum Gasteiger partial charge on any atom is 0.450 e. The lowest BCUT2D eigenvalue weighted by molar-refractivity contribution is -0.227. The molecule has 0 radical (unpaired) electrons. The van der Waals surface area contributed by atoms with E-state index in [-0.39, 0.29) is 5.57 Å². The highest BCUT2D eigenvalue weighted by atomic mass is 17.2. The first-order valence-electron chi connectivity index (χ1n) is 3.40. The van der Waals surface area contributed by atoms with Crippen LogP contribution in [0.4, 0.5) is 4.79 Å². The molecule has 0 saturated heterocycles. The molecule has 0 heterocycles. The number of hydrogen-bond acceptors (Lipinski definition) is 4. The summed E-state index contributed by atoms with van der Waals surface area (Å²) in [7, 11) is 1.35. The fourth-order valence-corrected chi connectivity index (χ4v) is 0.321. The summed E-state index contributed by atoms with van der Waals surface area (Å²) in [6.45, 7) is 5.13. The molecule has 0 bridgehead atoms. The van der Waals surface area contributed by atoms with Crippen LogP contribution in [0.25, 0.3) is 0 Å². The molecule has 12 heavy (non-hydrogen) atoms. The van der Waals surface area contributed by atoms with Crippen molar-refractivity contribution in [2.24, 2.45) is 0 Å². The molecule has 0 atom stereocenters. The van der Waals surface area contributed by atoms with Gasteiger partial charge in [0.25, 0.3) is 0 Å². The third-order valence-electron chi connectivity index (χ3n) is 1.11. The van der Waals surface area contributed by atoms with Crippen LogP contribution >= 0.6 is 0 Å². The van der Waals surface area contributed by atoms with Crippen molar-refractivity contribution in [3.63, 3.8) is 0 Å². The lowest BCUT2D eigenvalue weighted by Crippen LogP contribution is -2.21. The number of amides is 1. The molecule has 0 aliphatic heterocycles. The number of carbonyl (C=O) groups is 2. The van der Waals surface area contributed by atoms with E-state index in [2.05, 4.69) is 21.7 Å². The molecule has 5 nitrogen and oxygen atoms in total. The molecule has 1 N–H and O–H groups in total. The van der Waals surface area contributed by atoms with Crippen LogP contribution in [0.15, 0.2) is 12.2 Å². The summed E-state index contributed by atoms with van der Waals surface area (Å²) in [5, 5.41) is 2.11. The second-order valence-electron chi connectivity index (χ2n) is 1.95. The summed E-state index contributed by atoms with van der Waals surface area (Å²) in [6.07, 6.45) is -0.372. The van der Waals surface area contributed by atoms with Gasteiger partial charge in [0, 0.05) is 12.6 Å². The largest absolute Gasteiger partial charge is 0.450 e. The minimum Gasteiger partial charge on any atom is -0.321 e. The average molecular weight is 173 g/mol. The monoisotopic (exact) mass is 173 g/mol. The van der Waals surface area contributed by atoms with Crippen LogP contribution < -0.4 is 5.32 Å². The Morgan fingerprint density at radius 2 is 2.00 bits per heavy atom. The zero-order valence-corrected chi connectivity index (χ0v) is 7.05. The Labute approximate surface area is 70.3 Å². The Hall–Kier alpha value is -1.52. The van der Waals surface area contributed by atoms with Gasteiger partial charge >= 0.3 is 12.1 Å². The van der Waals surface area contributed by atoms with Crippen molar-refractivity contribution in [2.75, 3.05) is 7.05 Å². The average Bonchev–Trinajstić information content (AvgIpc) is 2.11. The smallest absolute Gasteiger partial charge is 0.321 e. The maximum absolute atomic E-state index is 10.8. The van der Waals surface area contributed by atoms with Gasteiger partial charge in [-0.3, -0.25) is 0 Å². The van der Waals surface area contributed by atoms with E-state index in [1.165, 1.54) is 7.05 Å². The summed E-state index contributed by atoms with van der Waals surface area (Å²) in [4.78, 5) is 29.3. The Balaban J connectivity index is 3.72. The summed E-state index contributed by atoms with van der Waals surface area (Å²) in [5.74, 6) is -0.735. The highest BCUT2D eigenvalue weighted by Crippen LogP contribution is 1.99. The standard InChI is InChI=1S/C7H11NO4/c1-4-5(2)6(9)11-12-7(10)8-3/h2,4H2,1,3H3,(H,8,10). The van der Waals surface area contributed by atoms with Crippen molar-refractivity contribution in [3.05, 3.63) is 12.2 Å². The van der Waals surface area contributed by atoms with Crippen molar-refractivity contribution < 1.29 is 19.4 Å². The van der Waals surface area contributed by atoms with E-state index >= 15 is 0 Å². The lowest BCUT2D eigenvalue weighted by Gasteiger charge is -2.01. The first-order valence-corrected chi connectivity index (χ1v) is 3.40. The van der Waals surface area contributed by atoms with Gasteiger partial charge in [0.2, 0.25) is 0 Å². The van der Waals surface area contributed by atoms with E-state index in [1.807, 2.05) is 0 Å². The van der Waals surface area contributed by atoms with E-state index in [1.54, 1.807) is 6.92 Å². The van der Waals surface area contributed by atoms with E-state index in [0.717, 1.165) is 0 Å². The molecular weight excluding hydrogens is 162 g/mol. The molecular formula is C7H11NO4. The van der Waals surface area contributed by atoms with Gasteiger partial charge in [0.05, 0.1) is 0 Å². The van der Waals surface area contributed by atoms with E-state index in [4.69, 9.17) is 0 Å². The van der Waals surface area contributed by atoms with E-state index < -0.39 is 12.1 Å². The fraction of sp³-hybridized carbons (Fsp3) is 0.429. The summed E-state index contributed by atoms with van der Waals surface area (Å²) in [6, 6.07) is 0. The van der Waals surface area contributed by atoms with Gasteiger partial charge < -0.3 is 5.32 Å². The molecule has 0 aromatic carbocycles. The molecule has 68 valence electrons. The van der Waals surface area contributed by atoms with E-state index in [0.29, 0.717) is 6.42 Å².